The molecule has 0 aromatic carbocycles. The number of carbonyl (C=O) groups excluding carboxylic acids is 1. The molecule has 1 amide bonds. The minimum atomic E-state index is 0.184. The van der Waals surface area contributed by atoms with E-state index < -0.39 is 0 Å². The largest absolute Gasteiger partial charge is 0.375 e. The van der Waals surface area contributed by atoms with Crippen LogP contribution in [0.1, 0.15) is 39.5 Å². The Morgan fingerprint density at radius 2 is 2.06 bits per heavy atom. The summed E-state index contributed by atoms with van der Waals surface area (Å²) in [7, 11) is 0. The normalized spacial score (nSPS) is 30.4. The number of piperidine rings is 1. The van der Waals surface area contributed by atoms with Gasteiger partial charge in [-0.1, -0.05) is 0 Å². The lowest BCUT2D eigenvalue weighted by Crippen LogP contribution is -2.50. The maximum Gasteiger partial charge on any atom is 0.222 e. The van der Waals surface area contributed by atoms with E-state index in [1.165, 1.54) is 12.8 Å². The van der Waals surface area contributed by atoms with E-state index in [-0.39, 0.29) is 12.1 Å². The highest BCUT2D eigenvalue weighted by Gasteiger charge is 2.27. The Morgan fingerprint density at radius 3 is 2.78 bits per heavy atom. The zero-order valence-corrected chi connectivity index (χ0v) is 11.7. The van der Waals surface area contributed by atoms with E-state index in [1.54, 1.807) is 0 Å². The Bertz CT molecular complexity index is 277. The summed E-state index contributed by atoms with van der Waals surface area (Å²) in [4.78, 5) is 14.3. The Labute approximate surface area is 110 Å². The van der Waals surface area contributed by atoms with Crippen molar-refractivity contribution < 1.29 is 9.53 Å². The molecule has 0 radical (unpaired) electrons. The molecule has 104 valence electrons. The van der Waals surface area contributed by atoms with Crippen molar-refractivity contribution in [2.75, 3.05) is 26.2 Å². The Hall–Kier alpha value is -0.610. The molecule has 2 saturated heterocycles. The van der Waals surface area contributed by atoms with Crippen molar-refractivity contribution in [3.63, 3.8) is 0 Å². The molecule has 0 unspecified atom stereocenters. The molecule has 1 N–H and O–H groups in total. The number of amides is 1. The van der Waals surface area contributed by atoms with E-state index in [1.807, 2.05) is 11.8 Å². The van der Waals surface area contributed by atoms with Gasteiger partial charge < -0.3 is 15.0 Å². The van der Waals surface area contributed by atoms with E-state index in [2.05, 4.69) is 12.2 Å². The highest BCUT2D eigenvalue weighted by Crippen LogP contribution is 2.20. The van der Waals surface area contributed by atoms with Gasteiger partial charge in [-0.25, -0.2) is 0 Å². The van der Waals surface area contributed by atoms with E-state index in [0.29, 0.717) is 18.9 Å². The van der Waals surface area contributed by atoms with Crippen LogP contribution in [0, 0.1) is 5.92 Å². The zero-order valence-electron chi connectivity index (χ0n) is 11.7. The smallest absolute Gasteiger partial charge is 0.222 e. The highest BCUT2D eigenvalue weighted by molar-refractivity contribution is 5.76. The van der Waals surface area contributed by atoms with Crippen LogP contribution in [0.4, 0.5) is 0 Å². The number of hydrogen-bond acceptors (Lipinski definition) is 3. The summed E-state index contributed by atoms with van der Waals surface area (Å²) in [6.07, 6.45) is 4.40. The van der Waals surface area contributed by atoms with Gasteiger partial charge in [0.05, 0.1) is 18.8 Å². The number of hydrogen-bond donors (Lipinski definition) is 1. The molecule has 2 rings (SSSR count). The maximum absolute atomic E-state index is 12.3. The summed E-state index contributed by atoms with van der Waals surface area (Å²) < 4.78 is 5.56. The van der Waals surface area contributed by atoms with Gasteiger partial charge in [-0.05, 0) is 52.1 Å². The summed E-state index contributed by atoms with van der Waals surface area (Å²) >= 11 is 0. The van der Waals surface area contributed by atoms with Gasteiger partial charge in [-0.2, -0.15) is 0 Å². The molecule has 2 heterocycles. The number of carbonyl (C=O) groups is 1. The van der Waals surface area contributed by atoms with Crippen molar-refractivity contribution in [1.29, 1.82) is 0 Å². The topological polar surface area (TPSA) is 41.6 Å². The van der Waals surface area contributed by atoms with Gasteiger partial charge in [0.1, 0.15) is 0 Å². The number of morpholine rings is 1. The van der Waals surface area contributed by atoms with E-state index in [4.69, 9.17) is 4.74 Å². The molecule has 18 heavy (non-hydrogen) atoms. The summed E-state index contributed by atoms with van der Waals surface area (Å²) in [5, 5.41) is 3.37. The molecule has 0 aliphatic carbocycles. The molecule has 0 aromatic heterocycles. The third kappa shape index (κ3) is 3.69. The molecule has 4 heteroatoms. The molecular weight excluding hydrogens is 228 g/mol. The minimum absolute atomic E-state index is 0.184. The van der Waals surface area contributed by atoms with Crippen LogP contribution in [-0.2, 0) is 9.53 Å². The second kappa shape index (κ2) is 6.53. The third-order valence-electron chi connectivity index (χ3n) is 4.15. The summed E-state index contributed by atoms with van der Waals surface area (Å²) in [5.41, 5.74) is 0. The lowest BCUT2D eigenvalue weighted by atomic mass is 9.93. The average Bonchev–Trinajstić information content (AvgIpc) is 2.40. The maximum atomic E-state index is 12.3. The fourth-order valence-corrected chi connectivity index (χ4v) is 2.89. The molecule has 2 aliphatic heterocycles. The van der Waals surface area contributed by atoms with Crippen molar-refractivity contribution in [1.82, 2.24) is 10.2 Å². The molecule has 4 nitrogen and oxygen atoms in total. The van der Waals surface area contributed by atoms with Crippen molar-refractivity contribution in [3.05, 3.63) is 0 Å². The Morgan fingerprint density at radius 1 is 1.33 bits per heavy atom. The van der Waals surface area contributed by atoms with Gasteiger partial charge in [0.2, 0.25) is 5.91 Å². The summed E-state index contributed by atoms with van der Waals surface area (Å²) in [5.74, 6) is 1.06. The second-order valence-electron chi connectivity index (χ2n) is 5.77. The number of ether oxygens (including phenoxy) is 1. The fraction of sp³-hybridized carbons (Fsp3) is 0.929. The molecule has 0 saturated carbocycles. The minimum Gasteiger partial charge on any atom is -0.375 e. The molecular formula is C14H26N2O2. The average molecular weight is 254 g/mol. The van der Waals surface area contributed by atoms with Crippen molar-refractivity contribution in [3.8, 4) is 0 Å². The summed E-state index contributed by atoms with van der Waals surface area (Å²) in [6.45, 7) is 7.79. The van der Waals surface area contributed by atoms with Crippen LogP contribution in [0.25, 0.3) is 0 Å². The predicted molar refractivity (Wildman–Crippen MR) is 71.4 cm³/mol. The first-order chi connectivity index (χ1) is 8.66. The van der Waals surface area contributed by atoms with Crippen LogP contribution in [0.3, 0.4) is 0 Å². The lowest BCUT2D eigenvalue weighted by molar-refractivity contribution is -0.143. The van der Waals surface area contributed by atoms with Crippen LogP contribution in [0.15, 0.2) is 0 Å². The zero-order chi connectivity index (χ0) is 13.0. The van der Waals surface area contributed by atoms with Gasteiger partial charge in [-0.15, -0.1) is 0 Å². The molecule has 2 aliphatic rings. The van der Waals surface area contributed by atoms with Gasteiger partial charge in [0, 0.05) is 13.0 Å². The Balaban J connectivity index is 1.75. The van der Waals surface area contributed by atoms with E-state index in [0.717, 1.165) is 32.0 Å². The number of nitrogens with one attached hydrogen (secondary N) is 1. The van der Waals surface area contributed by atoms with Gasteiger partial charge in [0.15, 0.2) is 0 Å². The van der Waals surface area contributed by atoms with Gasteiger partial charge >= 0.3 is 0 Å². The van der Waals surface area contributed by atoms with Crippen LogP contribution < -0.4 is 5.32 Å². The molecule has 0 spiro atoms. The first-order valence-corrected chi connectivity index (χ1v) is 7.28. The lowest BCUT2D eigenvalue weighted by Gasteiger charge is -2.37. The molecule has 2 atom stereocenters. The standard InChI is InChI=1S/C14H26N2O2/c1-11-10-18-12(2)9-16(11)14(17)4-3-13-5-7-15-8-6-13/h11-13,15H,3-10H2,1-2H3/t11-,12-/m0/s1. The molecule has 0 aromatic rings. The van der Waals surface area contributed by atoms with Crippen LogP contribution in [0.2, 0.25) is 0 Å². The first-order valence-electron chi connectivity index (χ1n) is 7.28. The van der Waals surface area contributed by atoms with Crippen molar-refractivity contribution in [2.24, 2.45) is 5.92 Å². The fourth-order valence-electron chi connectivity index (χ4n) is 2.89. The van der Waals surface area contributed by atoms with E-state index >= 15 is 0 Å². The summed E-state index contributed by atoms with van der Waals surface area (Å²) in [6, 6.07) is 0.238. The van der Waals surface area contributed by atoms with Gasteiger partial charge in [-0.3, -0.25) is 4.79 Å². The number of rotatable bonds is 3. The quantitative estimate of drug-likeness (QED) is 0.828. The SMILES string of the molecule is C[C@H]1CN(C(=O)CCC2CCNCC2)[C@@H](C)CO1. The van der Waals surface area contributed by atoms with Crippen LogP contribution >= 0.6 is 0 Å². The Kier molecular flexibility index (Phi) is 5.01. The highest BCUT2D eigenvalue weighted by atomic mass is 16.5. The predicted octanol–water partition coefficient (Wildman–Crippen LogP) is 1.40. The van der Waals surface area contributed by atoms with Crippen LogP contribution in [-0.4, -0.2) is 49.2 Å². The molecule has 2 fully saturated rings. The third-order valence-corrected chi connectivity index (χ3v) is 4.15. The van der Waals surface area contributed by atoms with Gasteiger partial charge in [0.25, 0.3) is 0 Å². The number of nitrogens with zero attached hydrogens (tertiary/aromatic N) is 1. The van der Waals surface area contributed by atoms with E-state index in [9.17, 15) is 4.79 Å². The van der Waals surface area contributed by atoms with Crippen molar-refractivity contribution in [2.45, 2.75) is 51.7 Å². The van der Waals surface area contributed by atoms with Crippen LogP contribution in [0.5, 0.6) is 0 Å². The van der Waals surface area contributed by atoms with Crippen molar-refractivity contribution >= 4 is 5.91 Å². The monoisotopic (exact) mass is 254 g/mol. The molecule has 0 bridgehead atoms. The first kappa shape index (κ1) is 13.8. The second-order valence-corrected chi connectivity index (χ2v) is 5.77.